The molecule has 0 aliphatic heterocycles. The minimum absolute atomic E-state index is 0. The summed E-state index contributed by atoms with van der Waals surface area (Å²) in [7, 11) is 0. The summed E-state index contributed by atoms with van der Waals surface area (Å²) in [6.07, 6.45) is 0. The maximum Gasteiger partial charge on any atom is 2.00 e. The van der Waals surface area contributed by atoms with E-state index in [0.29, 0.717) is 0 Å². The minimum Gasteiger partial charge on any atom is -0.184 e. The summed E-state index contributed by atoms with van der Waals surface area (Å²) in [5, 5.41) is 0. The van der Waals surface area contributed by atoms with Crippen molar-refractivity contribution in [1.29, 1.82) is 0 Å². The Labute approximate surface area is 162 Å². The van der Waals surface area contributed by atoms with Crippen molar-refractivity contribution in [3.05, 3.63) is 121 Å². The third kappa shape index (κ3) is 5.82. The Morgan fingerprint density at radius 3 is 0.960 bits per heavy atom. The molecule has 0 saturated heterocycles. The molecule has 4 rings (SSSR count). The van der Waals surface area contributed by atoms with Gasteiger partial charge in [0, 0.05) is 0 Å². The molecule has 4 aromatic carbocycles. The van der Waals surface area contributed by atoms with E-state index in [2.05, 4.69) is 60.7 Å². The molecule has 0 radical (unpaired) electrons. The zero-order valence-corrected chi connectivity index (χ0v) is 17.1. The molecular weight excluding hydrogens is 354 g/mol. The molecule has 0 aliphatic carbocycles. The predicted molar refractivity (Wildman–Crippen MR) is 101 cm³/mol. The van der Waals surface area contributed by atoms with E-state index < -0.39 is 0 Å². The van der Waals surface area contributed by atoms with Gasteiger partial charge < -0.3 is 0 Å². The Bertz CT molecular complexity index is 676. The van der Waals surface area contributed by atoms with Gasteiger partial charge in [0.2, 0.25) is 0 Å². The van der Waals surface area contributed by atoms with Gasteiger partial charge in [0.1, 0.15) is 0 Å². The van der Waals surface area contributed by atoms with Gasteiger partial charge in [-0.15, -0.1) is 11.1 Å². The van der Waals surface area contributed by atoms with Gasteiger partial charge in [-0.25, -0.2) is 0 Å². The first kappa shape index (κ1) is 18.8. The number of hydrogen-bond acceptors (Lipinski definition) is 0. The molecule has 0 N–H and O–H groups in total. The van der Waals surface area contributed by atoms with Gasteiger partial charge in [0.15, 0.2) is 0 Å². The molecule has 4 aromatic rings. The van der Waals surface area contributed by atoms with Crippen LogP contribution in [0, 0.1) is 12.1 Å². The zero-order valence-electron chi connectivity index (χ0n) is 14.1. The Morgan fingerprint density at radius 1 is 0.360 bits per heavy atom. The van der Waals surface area contributed by atoms with Crippen molar-refractivity contribution in [3.8, 4) is 22.3 Å². The second-order valence-electron chi connectivity index (χ2n) is 5.31. The molecule has 0 atom stereocenters. The molecule has 0 aliphatic rings. The largest absolute Gasteiger partial charge is 2.00 e. The molecule has 0 nitrogen and oxygen atoms in total. The van der Waals surface area contributed by atoms with Crippen LogP contribution in [0.3, 0.4) is 0 Å². The van der Waals surface area contributed by atoms with E-state index >= 15 is 0 Å². The maximum absolute atomic E-state index is 3.00. The van der Waals surface area contributed by atoms with Crippen LogP contribution < -0.4 is 0 Å². The Hall–Kier alpha value is -2.50. The van der Waals surface area contributed by atoms with Crippen LogP contribution >= 0.6 is 0 Å². The van der Waals surface area contributed by atoms with Crippen LogP contribution in [0.25, 0.3) is 22.3 Å². The fraction of sp³-hybridized carbons (Fsp3) is 0. The van der Waals surface area contributed by atoms with Crippen LogP contribution in [0.1, 0.15) is 0 Å². The zero-order chi connectivity index (χ0) is 16.5. The van der Waals surface area contributed by atoms with Gasteiger partial charge in [-0.1, -0.05) is 60.7 Å². The Balaban J connectivity index is 0.000000173. The second-order valence-corrected chi connectivity index (χ2v) is 5.31. The monoisotopic (exact) mass is 370 g/mol. The third-order valence-electron chi connectivity index (χ3n) is 3.65. The molecule has 0 aromatic heterocycles. The summed E-state index contributed by atoms with van der Waals surface area (Å²) in [4.78, 5) is 0. The van der Waals surface area contributed by atoms with E-state index in [1.165, 1.54) is 22.3 Å². The van der Waals surface area contributed by atoms with Crippen molar-refractivity contribution in [2.24, 2.45) is 0 Å². The van der Waals surface area contributed by atoms with Crippen molar-refractivity contribution in [1.82, 2.24) is 0 Å². The van der Waals surface area contributed by atoms with Gasteiger partial charge >= 0.3 is 19.5 Å². The molecule has 0 heterocycles. The third-order valence-corrected chi connectivity index (χ3v) is 3.65. The summed E-state index contributed by atoms with van der Waals surface area (Å²) in [5.74, 6) is 0. The van der Waals surface area contributed by atoms with Gasteiger partial charge in [0.05, 0.1) is 0 Å². The molecular formula is C24H18Zn. The standard InChI is InChI=1S/2C12H9.Zn/c2*1-3-7-11(8-4-1)12-9-5-2-6-10-12;/h2*1,3-10H;/q2*-1;+2. The molecule has 1 heteroatoms. The topological polar surface area (TPSA) is 0 Å². The summed E-state index contributed by atoms with van der Waals surface area (Å²) in [6, 6.07) is 42.7. The summed E-state index contributed by atoms with van der Waals surface area (Å²) >= 11 is 0. The fourth-order valence-corrected chi connectivity index (χ4v) is 2.42. The van der Waals surface area contributed by atoms with Crippen molar-refractivity contribution in [3.63, 3.8) is 0 Å². The first-order chi connectivity index (χ1) is 11.9. The molecule has 25 heavy (non-hydrogen) atoms. The average Bonchev–Trinajstić information content (AvgIpc) is 2.71. The van der Waals surface area contributed by atoms with Gasteiger partial charge in [0.25, 0.3) is 0 Å². The van der Waals surface area contributed by atoms with E-state index in [1.807, 2.05) is 60.7 Å². The second kappa shape index (κ2) is 10.4. The molecule has 0 unspecified atom stereocenters. The molecule has 0 saturated carbocycles. The van der Waals surface area contributed by atoms with Crippen LogP contribution in [0.5, 0.6) is 0 Å². The number of benzene rings is 4. The normalized spacial score (nSPS) is 9.28. The first-order valence-corrected chi connectivity index (χ1v) is 7.96. The SMILES string of the molecule is [Zn+2].[c-]1ccc(-c2ccccc2)cc1.[c-]1ccc(-c2ccccc2)cc1. The number of hydrogen-bond donors (Lipinski definition) is 0. The van der Waals surface area contributed by atoms with Crippen LogP contribution in [0.15, 0.2) is 109 Å². The van der Waals surface area contributed by atoms with E-state index in [9.17, 15) is 0 Å². The average molecular weight is 372 g/mol. The predicted octanol–water partition coefficient (Wildman–Crippen LogP) is 6.31. The number of rotatable bonds is 2. The maximum atomic E-state index is 3.00. The quantitative estimate of drug-likeness (QED) is 0.286. The van der Waals surface area contributed by atoms with Gasteiger partial charge in [-0.05, 0) is 11.1 Å². The summed E-state index contributed by atoms with van der Waals surface area (Å²) in [6.45, 7) is 0. The smallest absolute Gasteiger partial charge is 0.184 e. The Kier molecular flexibility index (Phi) is 7.82. The van der Waals surface area contributed by atoms with Gasteiger partial charge in [-0.3, -0.25) is 0 Å². The van der Waals surface area contributed by atoms with E-state index in [4.69, 9.17) is 0 Å². The van der Waals surface area contributed by atoms with Crippen molar-refractivity contribution in [2.45, 2.75) is 0 Å². The van der Waals surface area contributed by atoms with Crippen LogP contribution in [-0.4, -0.2) is 0 Å². The van der Waals surface area contributed by atoms with E-state index in [1.54, 1.807) is 0 Å². The summed E-state index contributed by atoms with van der Waals surface area (Å²) < 4.78 is 0. The molecule has 0 fully saturated rings. The molecule has 0 spiro atoms. The molecule has 0 bridgehead atoms. The van der Waals surface area contributed by atoms with Crippen molar-refractivity contribution >= 4 is 0 Å². The molecule has 0 amide bonds. The first-order valence-electron chi connectivity index (χ1n) is 7.96. The van der Waals surface area contributed by atoms with Crippen LogP contribution in [-0.2, 0) is 19.5 Å². The molecule has 116 valence electrons. The van der Waals surface area contributed by atoms with Gasteiger partial charge in [-0.2, -0.15) is 60.7 Å². The van der Waals surface area contributed by atoms with Crippen LogP contribution in [0.2, 0.25) is 0 Å². The fourth-order valence-electron chi connectivity index (χ4n) is 2.42. The van der Waals surface area contributed by atoms with E-state index in [0.717, 1.165) is 0 Å². The summed E-state index contributed by atoms with van der Waals surface area (Å²) in [5.41, 5.74) is 5.00. The van der Waals surface area contributed by atoms with Crippen molar-refractivity contribution < 1.29 is 19.5 Å². The van der Waals surface area contributed by atoms with Crippen molar-refractivity contribution in [2.75, 3.05) is 0 Å². The minimum atomic E-state index is 0. The van der Waals surface area contributed by atoms with Crippen LogP contribution in [0.4, 0.5) is 0 Å². The van der Waals surface area contributed by atoms with E-state index in [-0.39, 0.29) is 19.5 Å². The Morgan fingerprint density at radius 2 is 0.640 bits per heavy atom.